The molecule has 2 nitrogen and oxygen atoms in total. The molecular formula is C8H6F4INO. The van der Waals surface area contributed by atoms with Gasteiger partial charge in [-0.25, -0.2) is 9.37 Å². The predicted octanol–water partition coefficient (Wildman–Crippen LogP) is 3.36. The molecule has 0 aromatic carbocycles. The average molecular weight is 335 g/mol. The molecule has 0 aliphatic heterocycles. The number of rotatable bonds is 2. The van der Waals surface area contributed by atoms with E-state index in [0.717, 1.165) is 6.20 Å². The van der Waals surface area contributed by atoms with Crippen LogP contribution >= 0.6 is 22.6 Å². The molecule has 15 heavy (non-hydrogen) atoms. The Morgan fingerprint density at radius 1 is 1.47 bits per heavy atom. The van der Waals surface area contributed by atoms with Crippen molar-refractivity contribution >= 4 is 22.6 Å². The molecule has 0 N–H and O–H groups in total. The van der Waals surface area contributed by atoms with Crippen molar-refractivity contribution in [2.24, 2.45) is 0 Å². The highest BCUT2D eigenvalue weighted by Crippen LogP contribution is 2.29. The van der Waals surface area contributed by atoms with Gasteiger partial charge in [-0.3, -0.25) is 0 Å². The first kappa shape index (κ1) is 12.5. The Kier molecular flexibility index (Phi) is 3.74. The Morgan fingerprint density at radius 3 is 2.53 bits per heavy atom. The Labute approximate surface area is 96.8 Å². The maximum absolute atomic E-state index is 12.5. The molecule has 0 fully saturated rings. The normalized spacial score (nSPS) is 11.6. The molecule has 0 saturated heterocycles. The summed E-state index contributed by atoms with van der Waals surface area (Å²) in [5.74, 6) is -0.610. The van der Waals surface area contributed by atoms with Gasteiger partial charge >= 0.3 is 6.36 Å². The molecule has 0 saturated carbocycles. The summed E-state index contributed by atoms with van der Waals surface area (Å²) >= 11 is 1.58. The molecule has 0 aliphatic rings. The lowest BCUT2D eigenvalue weighted by Crippen LogP contribution is -2.19. The Hall–Kier alpha value is -0.600. The highest BCUT2D eigenvalue weighted by atomic mass is 127. The zero-order valence-electron chi connectivity index (χ0n) is 7.53. The smallest absolute Gasteiger partial charge is 0.387 e. The predicted molar refractivity (Wildman–Crippen MR) is 53.2 cm³/mol. The van der Waals surface area contributed by atoms with E-state index in [1.807, 2.05) is 0 Å². The third-order valence-corrected chi connectivity index (χ3v) is 2.76. The largest absolute Gasteiger partial charge is 0.574 e. The molecular weight excluding hydrogens is 329 g/mol. The highest BCUT2D eigenvalue weighted by Gasteiger charge is 2.33. The number of aryl methyl sites for hydroxylation is 1. The first-order chi connectivity index (χ1) is 6.85. The summed E-state index contributed by atoms with van der Waals surface area (Å²) in [6.45, 7) is 0.724. The maximum Gasteiger partial charge on any atom is 0.574 e. The molecule has 0 bridgehead atoms. The second-order valence-corrected chi connectivity index (χ2v) is 3.80. The van der Waals surface area contributed by atoms with Crippen LogP contribution in [0.1, 0.15) is 11.1 Å². The molecule has 1 aromatic rings. The van der Waals surface area contributed by atoms with Crippen LogP contribution in [-0.4, -0.2) is 11.3 Å². The molecule has 0 aliphatic carbocycles. The molecule has 1 aromatic heterocycles. The van der Waals surface area contributed by atoms with Gasteiger partial charge in [-0.05, 0) is 35.1 Å². The average Bonchev–Trinajstić information content (AvgIpc) is 2.09. The van der Waals surface area contributed by atoms with Gasteiger partial charge in [0.1, 0.15) is 6.67 Å². The van der Waals surface area contributed by atoms with Crippen molar-refractivity contribution < 1.29 is 22.3 Å². The van der Waals surface area contributed by atoms with Gasteiger partial charge in [0, 0.05) is 11.8 Å². The first-order valence-corrected chi connectivity index (χ1v) is 4.88. The van der Waals surface area contributed by atoms with Crippen molar-refractivity contribution in [3.63, 3.8) is 0 Å². The molecule has 1 heterocycles. The summed E-state index contributed by atoms with van der Waals surface area (Å²) < 4.78 is 51.9. The summed E-state index contributed by atoms with van der Waals surface area (Å²) in [4.78, 5) is 3.46. The lowest BCUT2D eigenvalue weighted by atomic mass is 10.2. The van der Waals surface area contributed by atoms with E-state index in [1.165, 1.54) is 0 Å². The van der Waals surface area contributed by atoms with Crippen LogP contribution in [0.15, 0.2) is 6.20 Å². The summed E-state index contributed by atoms with van der Waals surface area (Å²) in [7, 11) is 0. The van der Waals surface area contributed by atoms with Crippen LogP contribution in [0.3, 0.4) is 0 Å². The molecule has 0 amide bonds. The Balaban J connectivity index is 3.11. The third-order valence-electron chi connectivity index (χ3n) is 1.65. The van der Waals surface area contributed by atoms with Gasteiger partial charge in [0.2, 0.25) is 5.88 Å². The second kappa shape index (κ2) is 4.50. The molecule has 0 spiro atoms. The quantitative estimate of drug-likeness (QED) is 0.611. The summed E-state index contributed by atoms with van der Waals surface area (Å²) in [5.41, 5.74) is 0.668. The molecule has 0 unspecified atom stereocenters. The van der Waals surface area contributed by atoms with Gasteiger partial charge < -0.3 is 4.74 Å². The zero-order valence-corrected chi connectivity index (χ0v) is 9.69. The Bertz CT molecular complexity index is 366. The number of ether oxygens (including phenoxy) is 1. The zero-order chi connectivity index (χ0) is 11.6. The van der Waals surface area contributed by atoms with Gasteiger partial charge in [-0.15, -0.1) is 13.2 Å². The lowest BCUT2D eigenvalue weighted by molar-refractivity contribution is -0.276. The fourth-order valence-corrected chi connectivity index (χ4v) is 1.76. The van der Waals surface area contributed by atoms with Crippen LogP contribution in [-0.2, 0) is 6.67 Å². The Morgan fingerprint density at radius 2 is 2.07 bits per heavy atom. The molecule has 0 radical (unpaired) electrons. The number of hydrogen-bond donors (Lipinski definition) is 0. The minimum Gasteiger partial charge on any atom is -0.387 e. The molecule has 1 rings (SSSR count). The number of halogens is 5. The van der Waals surface area contributed by atoms with Crippen molar-refractivity contribution in [2.45, 2.75) is 20.0 Å². The summed E-state index contributed by atoms with van der Waals surface area (Å²) in [5, 5.41) is 0. The minimum absolute atomic E-state index is 0.0485. The number of hydrogen-bond acceptors (Lipinski definition) is 2. The fraction of sp³-hybridized carbons (Fsp3) is 0.375. The van der Waals surface area contributed by atoms with Crippen LogP contribution < -0.4 is 4.74 Å². The minimum atomic E-state index is -4.81. The van der Waals surface area contributed by atoms with Crippen LogP contribution in [0.2, 0.25) is 0 Å². The van der Waals surface area contributed by atoms with Gasteiger partial charge in [-0.1, -0.05) is 0 Å². The first-order valence-electron chi connectivity index (χ1n) is 3.81. The molecule has 0 atom stereocenters. The van der Waals surface area contributed by atoms with E-state index in [9.17, 15) is 17.6 Å². The number of pyridine rings is 1. The second-order valence-electron chi connectivity index (χ2n) is 2.72. The molecule has 7 heteroatoms. The SMILES string of the molecule is Cc1cnc(OC(F)(F)F)c(I)c1CF. The fourth-order valence-electron chi connectivity index (χ4n) is 0.937. The van der Waals surface area contributed by atoms with Crippen LogP contribution in [0.5, 0.6) is 5.88 Å². The van der Waals surface area contributed by atoms with Gasteiger partial charge in [0.25, 0.3) is 0 Å². The van der Waals surface area contributed by atoms with Crippen molar-refractivity contribution in [1.29, 1.82) is 0 Å². The van der Waals surface area contributed by atoms with Crippen molar-refractivity contribution in [1.82, 2.24) is 4.98 Å². The standard InChI is InChI=1S/C8H6F4INO/c1-4-3-14-7(15-8(10,11)12)6(13)5(4)2-9/h3H,2H2,1H3. The monoisotopic (exact) mass is 335 g/mol. The topological polar surface area (TPSA) is 22.1 Å². The van der Waals surface area contributed by atoms with E-state index in [-0.39, 0.29) is 9.13 Å². The molecule has 84 valence electrons. The van der Waals surface area contributed by atoms with E-state index < -0.39 is 18.9 Å². The summed E-state index contributed by atoms with van der Waals surface area (Å²) in [6, 6.07) is 0. The van der Waals surface area contributed by atoms with E-state index >= 15 is 0 Å². The van der Waals surface area contributed by atoms with E-state index in [1.54, 1.807) is 29.5 Å². The van der Waals surface area contributed by atoms with Gasteiger partial charge in [-0.2, -0.15) is 0 Å². The van der Waals surface area contributed by atoms with E-state index in [4.69, 9.17) is 0 Å². The number of alkyl halides is 4. The number of aromatic nitrogens is 1. The van der Waals surface area contributed by atoms with E-state index in [0.29, 0.717) is 5.56 Å². The van der Waals surface area contributed by atoms with Crippen LogP contribution in [0.25, 0.3) is 0 Å². The maximum atomic E-state index is 12.5. The third kappa shape index (κ3) is 3.18. The summed E-state index contributed by atoms with van der Waals surface area (Å²) in [6.07, 6.45) is -3.66. The lowest BCUT2D eigenvalue weighted by Gasteiger charge is -2.12. The number of nitrogens with zero attached hydrogens (tertiary/aromatic N) is 1. The van der Waals surface area contributed by atoms with Crippen molar-refractivity contribution in [3.05, 3.63) is 20.9 Å². The highest BCUT2D eigenvalue weighted by molar-refractivity contribution is 14.1. The van der Waals surface area contributed by atoms with Crippen molar-refractivity contribution in [3.8, 4) is 5.88 Å². The van der Waals surface area contributed by atoms with Crippen molar-refractivity contribution in [2.75, 3.05) is 0 Å². The van der Waals surface area contributed by atoms with E-state index in [2.05, 4.69) is 9.72 Å². The van der Waals surface area contributed by atoms with Gasteiger partial charge in [0.05, 0.1) is 3.57 Å². The van der Waals surface area contributed by atoms with Crippen LogP contribution in [0, 0.1) is 10.5 Å². The van der Waals surface area contributed by atoms with Gasteiger partial charge in [0.15, 0.2) is 0 Å². The van der Waals surface area contributed by atoms with Crippen LogP contribution in [0.4, 0.5) is 17.6 Å².